The molecule has 0 atom stereocenters. The van der Waals surface area contributed by atoms with Gasteiger partial charge in [-0.1, -0.05) is 29.8 Å². The van der Waals surface area contributed by atoms with Gasteiger partial charge in [0.1, 0.15) is 0 Å². The average Bonchev–Trinajstić information content (AvgIpc) is 3.18. The van der Waals surface area contributed by atoms with Crippen LogP contribution in [0.2, 0.25) is 0 Å². The zero-order valence-electron chi connectivity index (χ0n) is 20.5. The molecule has 0 fully saturated rings. The lowest BCUT2D eigenvalue weighted by Crippen LogP contribution is -2.05. The Morgan fingerprint density at radius 3 is 1.85 bits per heavy atom. The molecule has 0 spiro atoms. The normalized spacial score (nSPS) is 10.8. The highest BCUT2D eigenvalue weighted by Gasteiger charge is 2.20. The summed E-state index contributed by atoms with van der Waals surface area (Å²) in [6.45, 7) is 4.83. The number of hydrogen-bond donors (Lipinski definition) is 0. The number of benzene rings is 3. The van der Waals surface area contributed by atoms with Crippen LogP contribution in [-0.2, 0) is 6.54 Å². The molecule has 4 aromatic rings. The van der Waals surface area contributed by atoms with E-state index in [9.17, 15) is 0 Å². The molecule has 0 N–H and O–H groups in total. The maximum Gasteiger partial charge on any atom is 0.161 e. The van der Waals surface area contributed by atoms with Gasteiger partial charge in [0.15, 0.2) is 23.0 Å². The van der Waals surface area contributed by atoms with E-state index in [1.807, 2.05) is 36.4 Å². The van der Waals surface area contributed by atoms with E-state index in [2.05, 4.69) is 42.8 Å². The van der Waals surface area contributed by atoms with Crippen molar-refractivity contribution in [3.8, 4) is 45.5 Å². The van der Waals surface area contributed by atoms with Crippen LogP contribution in [0.15, 0.2) is 60.7 Å². The SMILES string of the molecule is COc1ccc(-c2nn(Cc3cccc(C)c3)c(-c3ccc(OC)c(OC)c3)c2C)cc1OC. The topological polar surface area (TPSA) is 54.7 Å². The van der Waals surface area contributed by atoms with Gasteiger partial charge in [-0.3, -0.25) is 4.68 Å². The summed E-state index contributed by atoms with van der Waals surface area (Å²) in [5.41, 5.74) is 7.33. The van der Waals surface area contributed by atoms with Gasteiger partial charge in [-0.05, 0) is 55.8 Å². The standard InChI is InChI=1S/C28H30N2O4/c1-18-8-7-9-20(14-18)17-30-28(22-11-13-24(32-4)26(16-22)34-6)19(2)27(29-30)21-10-12-23(31-3)25(15-21)33-5/h7-16H,17H2,1-6H3. The molecule has 0 amide bonds. The third-order valence-electron chi connectivity index (χ3n) is 5.92. The van der Waals surface area contributed by atoms with Gasteiger partial charge in [-0.25, -0.2) is 0 Å². The number of rotatable bonds is 8. The largest absolute Gasteiger partial charge is 0.493 e. The van der Waals surface area contributed by atoms with Crippen molar-refractivity contribution in [2.24, 2.45) is 0 Å². The van der Waals surface area contributed by atoms with Gasteiger partial charge in [-0.2, -0.15) is 5.10 Å². The number of nitrogens with zero attached hydrogens (tertiary/aromatic N) is 2. The molecule has 1 aromatic heterocycles. The van der Waals surface area contributed by atoms with Gasteiger partial charge in [-0.15, -0.1) is 0 Å². The van der Waals surface area contributed by atoms with Crippen molar-refractivity contribution in [2.75, 3.05) is 28.4 Å². The third-order valence-corrected chi connectivity index (χ3v) is 5.92. The smallest absolute Gasteiger partial charge is 0.161 e. The van der Waals surface area contributed by atoms with E-state index in [4.69, 9.17) is 24.0 Å². The van der Waals surface area contributed by atoms with Crippen molar-refractivity contribution in [3.05, 3.63) is 77.4 Å². The first-order chi connectivity index (χ1) is 16.5. The molecule has 0 bridgehead atoms. The highest BCUT2D eigenvalue weighted by atomic mass is 16.5. The van der Waals surface area contributed by atoms with Crippen molar-refractivity contribution in [1.29, 1.82) is 0 Å². The second-order valence-corrected chi connectivity index (χ2v) is 8.11. The minimum Gasteiger partial charge on any atom is -0.493 e. The van der Waals surface area contributed by atoms with E-state index < -0.39 is 0 Å². The molecule has 0 unspecified atom stereocenters. The molecular weight excluding hydrogens is 428 g/mol. The van der Waals surface area contributed by atoms with Gasteiger partial charge < -0.3 is 18.9 Å². The van der Waals surface area contributed by atoms with Crippen LogP contribution >= 0.6 is 0 Å². The summed E-state index contributed by atoms with van der Waals surface area (Å²) in [5, 5.41) is 5.06. The van der Waals surface area contributed by atoms with E-state index >= 15 is 0 Å². The summed E-state index contributed by atoms with van der Waals surface area (Å²) in [7, 11) is 6.56. The highest BCUT2D eigenvalue weighted by Crippen LogP contribution is 2.39. The minimum atomic E-state index is 0.638. The Morgan fingerprint density at radius 1 is 0.676 bits per heavy atom. The Hall–Kier alpha value is -3.93. The van der Waals surface area contributed by atoms with Crippen LogP contribution in [0.25, 0.3) is 22.5 Å². The number of methoxy groups -OCH3 is 4. The molecule has 0 radical (unpaired) electrons. The van der Waals surface area contributed by atoms with Crippen molar-refractivity contribution < 1.29 is 18.9 Å². The molecule has 6 nitrogen and oxygen atoms in total. The number of aryl methyl sites for hydroxylation is 1. The zero-order chi connectivity index (χ0) is 24.2. The van der Waals surface area contributed by atoms with Crippen molar-refractivity contribution in [3.63, 3.8) is 0 Å². The van der Waals surface area contributed by atoms with Gasteiger partial charge >= 0.3 is 0 Å². The van der Waals surface area contributed by atoms with E-state index in [0.717, 1.165) is 28.1 Å². The van der Waals surface area contributed by atoms with E-state index in [-0.39, 0.29) is 0 Å². The Kier molecular flexibility index (Phi) is 6.77. The molecule has 0 aliphatic heterocycles. The molecular formula is C28H30N2O4. The van der Waals surface area contributed by atoms with E-state index in [0.29, 0.717) is 29.5 Å². The predicted molar refractivity (Wildman–Crippen MR) is 134 cm³/mol. The van der Waals surface area contributed by atoms with E-state index in [1.54, 1.807) is 28.4 Å². The van der Waals surface area contributed by atoms with Gasteiger partial charge in [0.25, 0.3) is 0 Å². The van der Waals surface area contributed by atoms with Crippen molar-refractivity contribution in [2.45, 2.75) is 20.4 Å². The molecule has 0 saturated carbocycles. The summed E-state index contributed by atoms with van der Waals surface area (Å²) in [4.78, 5) is 0. The summed E-state index contributed by atoms with van der Waals surface area (Å²) in [6, 6.07) is 20.3. The van der Waals surface area contributed by atoms with Crippen molar-refractivity contribution in [1.82, 2.24) is 9.78 Å². The number of aromatic nitrogens is 2. The minimum absolute atomic E-state index is 0.638. The quantitative estimate of drug-likeness (QED) is 0.328. The molecule has 34 heavy (non-hydrogen) atoms. The van der Waals surface area contributed by atoms with Crippen LogP contribution in [-0.4, -0.2) is 38.2 Å². The van der Waals surface area contributed by atoms with Crippen LogP contribution in [0.4, 0.5) is 0 Å². The van der Waals surface area contributed by atoms with Crippen LogP contribution in [0.1, 0.15) is 16.7 Å². The summed E-state index contributed by atoms with van der Waals surface area (Å²) in [6.07, 6.45) is 0. The van der Waals surface area contributed by atoms with Crippen LogP contribution < -0.4 is 18.9 Å². The second kappa shape index (κ2) is 9.91. The van der Waals surface area contributed by atoms with Gasteiger partial charge in [0.05, 0.1) is 46.4 Å². The Morgan fingerprint density at radius 2 is 1.26 bits per heavy atom. The van der Waals surface area contributed by atoms with E-state index in [1.165, 1.54) is 11.1 Å². The first-order valence-electron chi connectivity index (χ1n) is 11.1. The molecule has 6 heteroatoms. The second-order valence-electron chi connectivity index (χ2n) is 8.11. The molecule has 176 valence electrons. The maximum atomic E-state index is 5.57. The Balaban J connectivity index is 1.89. The zero-order valence-corrected chi connectivity index (χ0v) is 20.5. The molecule has 3 aromatic carbocycles. The van der Waals surface area contributed by atoms with Gasteiger partial charge in [0.2, 0.25) is 0 Å². The Bertz CT molecular complexity index is 1310. The van der Waals surface area contributed by atoms with Crippen LogP contribution in [0.3, 0.4) is 0 Å². The summed E-state index contributed by atoms with van der Waals surface area (Å²) >= 11 is 0. The lowest BCUT2D eigenvalue weighted by Gasteiger charge is -2.13. The monoisotopic (exact) mass is 458 g/mol. The highest BCUT2D eigenvalue weighted by molar-refractivity contribution is 5.76. The average molecular weight is 459 g/mol. The predicted octanol–water partition coefficient (Wildman–Crippen LogP) is 5.92. The van der Waals surface area contributed by atoms with Gasteiger partial charge in [0, 0.05) is 16.7 Å². The first kappa shape index (κ1) is 23.2. The maximum absolute atomic E-state index is 5.57. The molecule has 1 heterocycles. The lowest BCUT2D eigenvalue weighted by molar-refractivity contribution is 0.355. The van der Waals surface area contributed by atoms with Crippen LogP contribution in [0.5, 0.6) is 23.0 Å². The first-order valence-corrected chi connectivity index (χ1v) is 11.1. The van der Waals surface area contributed by atoms with Crippen molar-refractivity contribution >= 4 is 0 Å². The lowest BCUT2D eigenvalue weighted by atomic mass is 10.0. The summed E-state index contributed by atoms with van der Waals surface area (Å²) < 4.78 is 24.0. The fourth-order valence-electron chi connectivity index (χ4n) is 4.26. The number of hydrogen-bond acceptors (Lipinski definition) is 5. The van der Waals surface area contributed by atoms with Crippen LogP contribution in [0, 0.1) is 13.8 Å². The molecule has 4 rings (SSSR count). The molecule has 0 aliphatic carbocycles. The third kappa shape index (κ3) is 4.44. The summed E-state index contributed by atoms with van der Waals surface area (Å²) in [5.74, 6) is 2.72. The molecule has 0 saturated heterocycles. The fourth-order valence-corrected chi connectivity index (χ4v) is 4.26. The Labute approximate surface area is 200 Å². The molecule has 0 aliphatic rings. The number of ether oxygens (including phenoxy) is 4. The fraction of sp³-hybridized carbons (Fsp3) is 0.250.